The number of halogens is 1. The minimum Gasteiger partial charge on any atom is -0.295 e. The molecule has 1 aliphatic heterocycles. The van der Waals surface area contributed by atoms with Crippen molar-refractivity contribution in [2.24, 2.45) is 0 Å². The molecule has 1 saturated heterocycles. The zero-order chi connectivity index (χ0) is 11.7. The Morgan fingerprint density at radius 1 is 1.62 bits per heavy atom. The number of alkyl halides is 1. The van der Waals surface area contributed by atoms with Crippen molar-refractivity contribution in [3.05, 3.63) is 23.4 Å². The van der Waals surface area contributed by atoms with Gasteiger partial charge in [0.15, 0.2) is 0 Å². The Morgan fingerprint density at radius 2 is 2.38 bits per heavy atom. The maximum atomic E-state index is 11.6. The van der Waals surface area contributed by atoms with Crippen LogP contribution in [0.4, 0.5) is 5.82 Å². The van der Waals surface area contributed by atoms with Crippen LogP contribution in [0.2, 0.25) is 0 Å². The largest absolute Gasteiger partial charge is 0.295 e. The first-order valence-corrected chi connectivity index (χ1v) is 5.37. The van der Waals surface area contributed by atoms with Crippen molar-refractivity contribution in [1.82, 2.24) is 4.98 Å². The number of hydrogen-bond acceptors (Lipinski definition) is 3. The second kappa shape index (κ2) is 4.11. The standard InChI is InChI=1S/C11H10ClN3O/c1-7-8(5-13)2-3-10(14-7)15-6-9(12)4-11(15)16/h2-3,9H,4,6H2,1H3. The van der Waals surface area contributed by atoms with E-state index in [1.54, 1.807) is 24.0 Å². The molecule has 0 saturated carbocycles. The molecule has 1 atom stereocenters. The van der Waals surface area contributed by atoms with Gasteiger partial charge in [0.05, 0.1) is 16.6 Å². The van der Waals surface area contributed by atoms with E-state index in [1.165, 1.54) is 0 Å². The normalized spacial score (nSPS) is 19.9. The molecule has 0 aliphatic carbocycles. The number of amides is 1. The van der Waals surface area contributed by atoms with Gasteiger partial charge in [-0.15, -0.1) is 11.6 Å². The van der Waals surface area contributed by atoms with Crippen LogP contribution in [0.25, 0.3) is 0 Å². The van der Waals surface area contributed by atoms with E-state index in [4.69, 9.17) is 16.9 Å². The smallest absolute Gasteiger partial charge is 0.229 e. The molecule has 1 aromatic heterocycles. The van der Waals surface area contributed by atoms with Gasteiger partial charge in [0.2, 0.25) is 5.91 Å². The predicted molar refractivity (Wildman–Crippen MR) is 60.3 cm³/mol. The van der Waals surface area contributed by atoms with Crippen LogP contribution in [0.1, 0.15) is 17.7 Å². The molecule has 0 radical (unpaired) electrons. The van der Waals surface area contributed by atoms with Crippen LogP contribution in [0.3, 0.4) is 0 Å². The van der Waals surface area contributed by atoms with Crippen molar-refractivity contribution in [2.75, 3.05) is 11.4 Å². The van der Waals surface area contributed by atoms with Crippen molar-refractivity contribution in [3.63, 3.8) is 0 Å². The molecule has 0 spiro atoms. The molecule has 82 valence electrons. The second-order valence-electron chi connectivity index (χ2n) is 3.72. The Morgan fingerprint density at radius 3 is 2.88 bits per heavy atom. The zero-order valence-corrected chi connectivity index (χ0v) is 9.53. The lowest BCUT2D eigenvalue weighted by Crippen LogP contribution is -2.25. The lowest BCUT2D eigenvalue weighted by atomic mass is 10.2. The van der Waals surface area contributed by atoms with E-state index in [1.807, 2.05) is 6.07 Å². The van der Waals surface area contributed by atoms with Gasteiger partial charge in [-0.2, -0.15) is 5.26 Å². The van der Waals surface area contributed by atoms with E-state index < -0.39 is 0 Å². The first-order chi connectivity index (χ1) is 7.61. The maximum absolute atomic E-state index is 11.6. The number of carbonyl (C=O) groups is 1. The summed E-state index contributed by atoms with van der Waals surface area (Å²) >= 11 is 5.91. The minimum atomic E-state index is -0.148. The molecule has 0 N–H and O–H groups in total. The fraction of sp³-hybridized carbons (Fsp3) is 0.364. The highest BCUT2D eigenvalue weighted by Crippen LogP contribution is 2.23. The predicted octanol–water partition coefficient (Wildman–Crippen LogP) is 1.61. The number of aromatic nitrogens is 1. The van der Waals surface area contributed by atoms with Gasteiger partial charge < -0.3 is 0 Å². The summed E-state index contributed by atoms with van der Waals surface area (Å²) in [7, 11) is 0. The van der Waals surface area contributed by atoms with E-state index in [0.717, 1.165) is 0 Å². The third kappa shape index (κ3) is 1.86. The molecule has 0 bridgehead atoms. The lowest BCUT2D eigenvalue weighted by Gasteiger charge is -2.15. The SMILES string of the molecule is Cc1nc(N2CC(Cl)CC2=O)ccc1C#N. The molecule has 1 amide bonds. The number of hydrogen-bond donors (Lipinski definition) is 0. The van der Waals surface area contributed by atoms with Crippen molar-refractivity contribution < 1.29 is 4.79 Å². The van der Waals surface area contributed by atoms with E-state index in [-0.39, 0.29) is 11.3 Å². The maximum Gasteiger partial charge on any atom is 0.229 e. The summed E-state index contributed by atoms with van der Waals surface area (Å²) in [6, 6.07) is 5.39. The van der Waals surface area contributed by atoms with Crippen molar-refractivity contribution in [1.29, 1.82) is 5.26 Å². The van der Waals surface area contributed by atoms with Crippen molar-refractivity contribution >= 4 is 23.3 Å². The summed E-state index contributed by atoms with van der Waals surface area (Å²) in [5, 5.41) is 8.63. The minimum absolute atomic E-state index is 0.0170. The third-order valence-corrected chi connectivity index (χ3v) is 2.84. The summed E-state index contributed by atoms with van der Waals surface area (Å²) in [5.74, 6) is 0.557. The molecule has 16 heavy (non-hydrogen) atoms. The Hall–Kier alpha value is -1.60. The Balaban J connectivity index is 2.32. The van der Waals surface area contributed by atoms with E-state index in [9.17, 15) is 4.79 Å². The zero-order valence-electron chi connectivity index (χ0n) is 8.77. The summed E-state index contributed by atoms with van der Waals surface area (Å²) in [6.07, 6.45) is 0.349. The lowest BCUT2D eigenvalue weighted by molar-refractivity contribution is -0.117. The molecule has 0 aromatic carbocycles. The summed E-state index contributed by atoms with van der Waals surface area (Å²) < 4.78 is 0. The number of nitrogens with zero attached hydrogens (tertiary/aromatic N) is 3. The molecular weight excluding hydrogens is 226 g/mol. The number of anilines is 1. The Bertz CT molecular complexity index is 481. The summed E-state index contributed by atoms with van der Waals surface area (Å²) in [6.45, 7) is 2.24. The van der Waals surface area contributed by atoms with Gasteiger partial charge in [0, 0.05) is 13.0 Å². The van der Waals surface area contributed by atoms with Crippen LogP contribution in [-0.2, 0) is 4.79 Å². The number of rotatable bonds is 1. The first kappa shape index (κ1) is 10.9. The highest BCUT2D eigenvalue weighted by molar-refractivity contribution is 6.24. The van der Waals surface area contributed by atoms with Crippen LogP contribution in [-0.4, -0.2) is 22.8 Å². The molecule has 2 heterocycles. The fourth-order valence-electron chi connectivity index (χ4n) is 1.70. The highest BCUT2D eigenvalue weighted by atomic mass is 35.5. The monoisotopic (exact) mass is 235 g/mol. The molecule has 1 aliphatic rings. The molecule has 1 aromatic rings. The van der Waals surface area contributed by atoms with E-state index in [2.05, 4.69) is 4.98 Å². The Kier molecular flexibility index (Phi) is 2.80. The quantitative estimate of drug-likeness (QED) is 0.695. The van der Waals surface area contributed by atoms with Crippen LogP contribution in [0, 0.1) is 18.3 Å². The number of aryl methyl sites for hydroxylation is 1. The second-order valence-corrected chi connectivity index (χ2v) is 4.34. The molecule has 5 heteroatoms. The molecule has 4 nitrogen and oxygen atoms in total. The molecule has 1 unspecified atom stereocenters. The van der Waals surface area contributed by atoms with Gasteiger partial charge >= 0.3 is 0 Å². The number of pyridine rings is 1. The van der Waals surface area contributed by atoms with Gasteiger partial charge in [-0.05, 0) is 19.1 Å². The molecule has 1 fully saturated rings. The van der Waals surface area contributed by atoms with Crippen LogP contribution >= 0.6 is 11.6 Å². The van der Waals surface area contributed by atoms with Gasteiger partial charge in [0.25, 0.3) is 0 Å². The highest BCUT2D eigenvalue weighted by Gasteiger charge is 2.29. The topological polar surface area (TPSA) is 57.0 Å². The average Bonchev–Trinajstić information content (AvgIpc) is 2.58. The first-order valence-electron chi connectivity index (χ1n) is 4.94. The molecule has 2 rings (SSSR count). The molecular formula is C11H10ClN3O. The van der Waals surface area contributed by atoms with Crippen molar-refractivity contribution in [2.45, 2.75) is 18.7 Å². The van der Waals surface area contributed by atoms with Crippen molar-refractivity contribution in [3.8, 4) is 6.07 Å². The summed E-state index contributed by atoms with van der Waals surface area (Å²) in [4.78, 5) is 17.4. The van der Waals surface area contributed by atoms with Crippen LogP contribution in [0.5, 0.6) is 0 Å². The van der Waals surface area contributed by atoms with E-state index in [0.29, 0.717) is 30.0 Å². The summed E-state index contributed by atoms with van der Waals surface area (Å²) in [5.41, 5.74) is 1.16. The fourth-order valence-corrected chi connectivity index (χ4v) is 1.97. The average molecular weight is 236 g/mol. The van der Waals surface area contributed by atoms with Gasteiger partial charge in [-0.1, -0.05) is 0 Å². The van der Waals surface area contributed by atoms with Gasteiger partial charge in [-0.25, -0.2) is 4.98 Å². The van der Waals surface area contributed by atoms with Crippen LogP contribution in [0.15, 0.2) is 12.1 Å². The third-order valence-electron chi connectivity index (χ3n) is 2.55. The van der Waals surface area contributed by atoms with E-state index >= 15 is 0 Å². The number of nitriles is 1. The number of carbonyl (C=O) groups excluding carboxylic acids is 1. The van der Waals surface area contributed by atoms with Crippen LogP contribution < -0.4 is 4.90 Å². The van der Waals surface area contributed by atoms with Gasteiger partial charge in [0.1, 0.15) is 11.9 Å². The van der Waals surface area contributed by atoms with Gasteiger partial charge in [-0.3, -0.25) is 9.69 Å². The Labute approximate surface area is 98.5 Å².